The van der Waals surface area contributed by atoms with Gasteiger partial charge in [0.15, 0.2) is 5.82 Å². The lowest BCUT2D eigenvalue weighted by Crippen LogP contribution is -2.22. The van der Waals surface area contributed by atoms with E-state index in [1.54, 1.807) is 19.1 Å². The Labute approximate surface area is 90.4 Å². The summed E-state index contributed by atoms with van der Waals surface area (Å²) in [5.41, 5.74) is 5.40. The molecule has 0 fully saturated rings. The maximum Gasteiger partial charge on any atom is 0.279 e. The summed E-state index contributed by atoms with van der Waals surface area (Å²) in [7, 11) is 0. The standard InChI is InChI=1S/C10H9FN4O/c1-6-2-3-9(14-13-6)15-5-7(11)4-8(12)10(15)16/h2-5H,12H2,1H3. The molecule has 0 unspecified atom stereocenters. The molecule has 5 nitrogen and oxygen atoms in total. The lowest BCUT2D eigenvalue weighted by Gasteiger charge is -2.05. The maximum absolute atomic E-state index is 13.1. The molecule has 0 bridgehead atoms. The number of hydrogen-bond acceptors (Lipinski definition) is 4. The van der Waals surface area contributed by atoms with Gasteiger partial charge in [-0.15, -0.1) is 5.10 Å². The van der Waals surface area contributed by atoms with Crippen LogP contribution in [0.3, 0.4) is 0 Å². The van der Waals surface area contributed by atoms with Crippen LogP contribution in [0.15, 0.2) is 29.2 Å². The summed E-state index contributed by atoms with van der Waals surface area (Å²) in [5.74, 6) is -0.360. The quantitative estimate of drug-likeness (QED) is 0.766. The van der Waals surface area contributed by atoms with Crippen LogP contribution >= 0.6 is 0 Å². The van der Waals surface area contributed by atoms with Gasteiger partial charge in [0, 0.05) is 6.07 Å². The summed E-state index contributed by atoms with van der Waals surface area (Å²) in [4.78, 5) is 11.6. The van der Waals surface area contributed by atoms with Crippen LogP contribution in [0.4, 0.5) is 10.1 Å². The van der Waals surface area contributed by atoms with Crippen molar-refractivity contribution in [2.45, 2.75) is 6.92 Å². The molecule has 2 aromatic rings. The topological polar surface area (TPSA) is 73.8 Å². The summed E-state index contributed by atoms with van der Waals surface area (Å²) in [6, 6.07) is 4.22. The van der Waals surface area contributed by atoms with Crippen LogP contribution in [-0.2, 0) is 0 Å². The number of rotatable bonds is 1. The van der Waals surface area contributed by atoms with Crippen molar-refractivity contribution in [2.24, 2.45) is 0 Å². The number of nitrogens with zero attached hydrogens (tertiary/aromatic N) is 3. The number of hydrogen-bond donors (Lipinski definition) is 1. The lowest BCUT2D eigenvalue weighted by atomic mass is 10.3. The first-order valence-electron chi connectivity index (χ1n) is 4.56. The third-order valence-corrected chi connectivity index (χ3v) is 2.04. The molecule has 0 radical (unpaired) electrons. The average Bonchev–Trinajstić information content (AvgIpc) is 2.25. The molecule has 2 N–H and O–H groups in total. The van der Waals surface area contributed by atoms with Gasteiger partial charge in [-0.25, -0.2) is 4.39 Å². The predicted molar refractivity (Wildman–Crippen MR) is 56.7 cm³/mol. The lowest BCUT2D eigenvalue weighted by molar-refractivity contribution is 0.612. The third-order valence-electron chi connectivity index (χ3n) is 2.04. The molecule has 82 valence electrons. The smallest absolute Gasteiger partial charge is 0.279 e. The van der Waals surface area contributed by atoms with Crippen LogP contribution in [0.1, 0.15) is 5.69 Å². The Morgan fingerprint density at radius 1 is 1.38 bits per heavy atom. The van der Waals surface area contributed by atoms with Crippen LogP contribution < -0.4 is 11.3 Å². The molecular weight excluding hydrogens is 211 g/mol. The van der Waals surface area contributed by atoms with Gasteiger partial charge in [0.2, 0.25) is 0 Å². The summed E-state index contributed by atoms with van der Waals surface area (Å²) in [6.07, 6.45) is 1.03. The van der Waals surface area contributed by atoms with Gasteiger partial charge in [-0.2, -0.15) is 5.10 Å². The largest absolute Gasteiger partial charge is 0.394 e. The second kappa shape index (κ2) is 3.73. The van der Waals surface area contributed by atoms with Crippen molar-refractivity contribution in [3.8, 4) is 5.82 Å². The van der Waals surface area contributed by atoms with Crippen molar-refractivity contribution < 1.29 is 4.39 Å². The molecule has 6 heteroatoms. The maximum atomic E-state index is 13.1. The minimum atomic E-state index is -0.598. The van der Waals surface area contributed by atoms with Crippen LogP contribution in [0.2, 0.25) is 0 Å². The minimum absolute atomic E-state index is 0.164. The zero-order chi connectivity index (χ0) is 11.7. The van der Waals surface area contributed by atoms with Gasteiger partial charge in [0.25, 0.3) is 5.56 Å². The van der Waals surface area contributed by atoms with Crippen molar-refractivity contribution in [1.82, 2.24) is 14.8 Å². The highest BCUT2D eigenvalue weighted by atomic mass is 19.1. The minimum Gasteiger partial charge on any atom is -0.394 e. The van der Waals surface area contributed by atoms with Gasteiger partial charge < -0.3 is 5.73 Å². The molecule has 0 spiro atoms. The highest BCUT2D eigenvalue weighted by Gasteiger charge is 2.06. The average molecular weight is 220 g/mol. The van der Waals surface area contributed by atoms with E-state index >= 15 is 0 Å². The molecular formula is C10H9FN4O. The van der Waals surface area contributed by atoms with E-state index in [4.69, 9.17) is 5.73 Å². The number of nitrogen functional groups attached to an aromatic ring is 1. The summed E-state index contributed by atoms with van der Waals surface area (Å²) < 4.78 is 14.1. The second-order valence-electron chi connectivity index (χ2n) is 3.32. The van der Waals surface area contributed by atoms with Crippen LogP contribution in [0.25, 0.3) is 5.82 Å². The molecule has 0 atom stereocenters. The number of anilines is 1. The molecule has 16 heavy (non-hydrogen) atoms. The third kappa shape index (κ3) is 1.77. The first kappa shape index (κ1) is 10.3. The normalized spacial score (nSPS) is 10.4. The molecule has 0 aliphatic carbocycles. The highest BCUT2D eigenvalue weighted by molar-refractivity contribution is 5.37. The fourth-order valence-corrected chi connectivity index (χ4v) is 1.26. The molecule has 0 amide bonds. The molecule has 0 aromatic carbocycles. The van der Waals surface area contributed by atoms with E-state index in [2.05, 4.69) is 10.2 Å². The predicted octanol–water partition coefficient (Wildman–Crippen LogP) is 0.657. The van der Waals surface area contributed by atoms with Crippen LogP contribution in [0, 0.1) is 12.7 Å². The van der Waals surface area contributed by atoms with Crippen molar-refractivity contribution in [3.05, 3.63) is 46.3 Å². The van der Waals surface area contributed by atoms with Gasteiger partial charge in [-0.1, -0.05) is 0 Å². The van der Waals surface area contributed by atoms with Crippen LogP contribution in [-0.4, -0.2) is 14.8 Å². The number of aromatic nitrogens is 3. The fourth-order valence-electron chi connectivity index (χ4n) is 1.26. The number of halogens is 1. The first-order valence-corrected chi connectivity index (χ1v) is 4.56. The number of aryl methyl sites for hydroxylation is 1. The van der Waals surface area contributed by atoms with Crippen LogP contribution in [0.5, 0.6) is 0 Å². The highest BCUT2D eigenvalue weighted by Crippen LogP contribution is 2.05. The monoisotopic (exact) mass is 220 g/mol. The zero-order valence-electron chi connectivity index (χ0n) is 8.51. The van der Waals surface area contributed by atoms with Crippen molar-refractivity contribution in [1.29, 1.82) is 0 Å². The van der Waals surface area contributed by atoms with Gasteiger partial charge in [-0.05, 0) is 19.1 Å². The molecule has 2 aromatic heterocycles. The van der Waals surface area contributed by atoms with Crippen molar-refractivity contribution >= 4 is 5.69 Å². The second-order valence-corrected chi connectivity index (χ2v) is 3.32. The van der Waals surface area contributed by atoms with E-state index < -0.39 is 11.4 Å². The molecule has 2 rings (SSSR count). The van der Waals surface area contributed by atoms with Gasteiger partial charge in [0.1, 0.15) is 11.5 Å². The Morgan fingerprint density at radius 2 is 2.12 bits per heavy atom. The van der Waals surface area contributed by atoms with Gasteiger partial charge in [0.05, 0.1) is 11.9 Å². The van der Waals surface area contributed by atoms with E-state index in [-0.39, 0.29) is 11.5 Å². The molecule has 0 aliphatic heterocycles. The van der Waals surface area contributed by atoms with Crippen molar-refractivity contribution in [3.63, 3.8) is 0 Å². The molecule has 2 heterocycles. The Morgan fingerprint density at radius 3 is 2.75 bits per heavy atom. The Kier molecular flexibility index (Phi) is 2.40. The van der Waals surface area contributed by atoms with Crippen molar-refractivity contribution in [2.75, 3.05) is 5.73 Å². The molecule has 0 saturated heterocycles. The molecule has 0 aliphatic rings. The summed E-state index contributed by atoms with van der Waals surface area (Å²) in [6.45, 7) is 1.76. The van der Waals surface area contributed by atoms with E-state index in [1.165, 1.54) is 0 Å². The molecule has 0 saturated carbocycles. The van der Waals surface area contributed by atoms with Gasteiger partial charge in [-0.3, -0.25) is 9.36 Å². The number of nitrogens with two attached hydrogens (primary N) is 1. The fraction of sp³-hybridized carbons (Fsp3) is 0.100. The summed E-state index contributed by atoms with van der Waals surface area (Å²) in [5, 5.41) is 7.57. The van der Waals surface area contributed by atoms with E-state index in [1.807, 2.05) is 0 Å². The van der Waals surface area contributed by atoms with Gasteiger partial charge >= 0.3 is 0 Å². The first-order chi connectivity index (χ1) is 7.58. The Balaban J connectivity index is 2.64. The Bertz CT molecular complexity index is 576. The summed E-state index contributed by atoms with van der Waals surface area (Å²) >= 11 is 0. The number of pyridine rings is 1. The zero-order valence-corrected chi connectivity index (χ0v) is 8.51. The van der Waals surface area contributed by atoms with E-state index in [0.29, 0.717) is 5.69 Å². The Hall–Kier alpha value is -2.24. The SMILES string of the molecule is Cc1ccc(-n2cc(F)cc(N)c2=O)nn1. The van der Waals surface area contributed by atoms with E-state index in [9.17, 15) is 9.18 Å². The van der Waals surface area contributed by atoms with E-state index in [0.717, 1.165) is 16.8 Å².